The summed E-state index contributed by atoms with van der Waals surface area (Å²) in [5, 5.41) is -0.000905. The van der Waals surface area contributed by atoms with E-state index in [9.17, 15) is 18.0 Å². The van der Waals surface area contributed by atoms with Crippen LogP contribution >= 0.6 is 0 Å². The van der Waals surface area contributed by atoms with Crippen molar-refractivity contribution in [2.24, 2.45) is 5.41 Å². The van der Waals surface area contributed by atoms with Crippen LogP contribution in [0.1, 0.15) is 136 Å². The molecule has 0 saturated heterocycles. The normalized spacial score (nSPS) is 20.6. The maximum Gasteiger partial charge on any atom is 0.416 e. The number of fused-ring (bicyclic) bond motifs is 1. The standard InChI is InChI=1S/C33H46F3NO3Si/c1-20(39-7)29-28(30(38)22-14-16-23(17-15-22)33(34,35)36)26(21-12-10-11-13-21)27-24(37-29)18-32(5,6)19-25(27)40-41(8,9)31(2,3)4/h14-17,20-21,25H,10-13,18-19H2,1-9H3/t20?,25-/m0/s1. The average molecular weight is 590 g/mol. The lowest BCUT2D eigenvalue weighted by Crippen LogP contribution is -2.44. The number of alkyl halides is 3. The van der Waals surface area contributed by atoms with Crippen molar-refractivity contribution < 1.29 is 27.1 Å². The number of pyridine rings is 1. The van der Waals surface area contributed by atoms with Crippen molar-refractivity contribution in [2.75, 3.05) is 7.11 Å². The molecular formula is C33H46F3NO3Si. The van der Waals surface area contributed by atoms with Gasteiger partial charge >= 0.3 is 6.18 Å². The monoisotopic (exact) mass is 589 g/mol. The molecule has 4 nitrogen and oxygen atoms in total. The molecule has 1 aromatic carbocycles. The van der Waals surface area contributed by atoms with Gasteiger partial charge in [0, 0.05) is 23.9 Å². The molecule has 2 aliphatic rings. The zero-order valence-corrected chi connectivity index (χ0v) is 27.1. The molecular weight excluding hydrogens is 543 g/mol. The van der Waals surface area contributed by atoms with Crippen molar-refractivity contribution in [3.05, 3.63) is 63.5 Å². The fourth-order valence-corrected chi connectivity index (χ4v) is 7.45. The molecule has 0 N–H and O–H groups in total. The highest BCUT2D eigenvalue weighted by molar-refractivity contribution is 6.74. The molecule has 1 fully saturated rings. The van der Waals surface area contributed by atoms with Crippen LogP contribution < -0.4 is 0 Å². The van der Waals surface area contributed by atoms with Gasteiger partial charge in [0.05, 0.1) is 29.0 Å². The summed E-state index contributed by atoms with van der Waals surface area (Å²) >= 11 is 0. The third kappa shape index (κ3) is 6.49. The third-order valence-electron chi connectivity index (χ3n) is 9.53. The number of methoxy groups -OCH3 is 1. The Morgan fingerprint density at radius 3 is 2.15 bits per heavy atom. The zero-order chi connectivity index (χ0) is 30.5. The molecule has 226 valence electrons. The van der Waals surface area contributed by atoms with E-state index in [0.717, 1.165) is 67.5 Å². The number of carbonyl (C=O) groups excluding carboxylic acids is 1. The molecule has 41 heavy (non-hydrogen) atoms. The van der Waals surface area contributed by atoms with E-state index >= 15 is 0 Å². The van der Waals surface area contributed by atoms with Crippen LogP contribution in [0.15, 0.2) is 24.3 Å². The Hall–Kier alpha value is -2.03. The van der Waals surface area contributed by atoms with Gasteiger partial charge in [-0.15, -0.1) is 0 Å². The topological polar surface area (TPSA) is 48.4 Å². The minimum absolute atomic E-state index is 0.000905. The molecule has 4 rings (SSSR count). The maximum absolute atomic E-state index is 14.4. The summed E-state index contributed by atoms with van der Waals surface area (Å²) in [4.78, 5) is 19.5. The fraction of sp³-hybridized carbons (Fsp3) is 0.636. The molecule has 1 aromatic heterocycles. The second-order valence-electron chi connectivity index (χ2n) is 14.3. The van der Waals surface area contributed by atoms with Crippen LogP contribution in [0.2, 0.25) is 18.1 Å². The van der Waals surface area contributed by atoms with Gasteiger partial charge in [0.15, 0.2) is 14.1 Å². The van der Waals surface area contributed by atoms with Gasteiger partial charge in [0.1, 0.15) is 0 Å². The Balaban J connectivity index is 2.00. The van der Waals surface area contributed by atoms with Gasteiger partial charge in [-0.05, 0) is 79.8 Å². The highest BCUT2D eigenvalue weighted by Gasteiger charge is 2.46. The van der Waals surface area contributed by atoms with E-state index in [1.807, 2.05) is 6.92 Å². The number of halogens is 3. The van der Waals surface area contributed by atoms with Crippen molar-refractivity contribution in [1.29, 1.82) is 0 Å². The third-order valence-corrected chi connectivity index (χ3v) is 14.0. The Kier molecular flexibility index (Phi) is 8.74. The number of benzene rings is 1. The van der Waals surface area contributed by atoms with Crippen molar-refractivity contribution in [2.45, 2.75) is 123 Å². The van der Waals surface area contributed by atoms with Gasteiger partial charge in [0.25, 0.3) is 0 Å². The number of hydrogen-bond donors (Lipinski definition) is 0. The van der Waals surface area contributed by atoms with Crippen LogP contribution in [0.5, 0.6) is 0 Å². The molecule has 1 unspecified atom stereocenters. The summed E-state index contributed by atoms with van der Waals surface area (Å²) in [6.07, 6.45) is 0.511. The van der Waals surface area contributed by atoms with E-state index in [1.54, 1.807) is 7.11 Å². The lowest BCUT2D eigenvalue weighted by molar-refractivity contribution is -0.137. The summed E-state index contributed by atoms with van der Waals surface area (Å²) in [7, 11) is -0.607. The predicted molar refractivity (Wildman–Crippen MR) is 159 cm³/mol. The first-order chi connectivity index (χ1) is 18.9. The first-order valence-electron chi connectivity index (χ1n) is 14.9. The number of ketones is 1. The Labute approximate surface area is 244 Å². The van der Waals surface area contributed by atoms with Gasteiger partial charge in [0.2, 0.25) is 0 Å². The van der Waals surface area contributed by atoms with Crippen molar-refractivity contribution >= 4 is 14.1 Å². The molecule has 1 heterocycles. The highest BCUT2D eigenvalue weighted by Crippen LogP contribution is 2.52. The van der Waals surface area contributed by atoms with Crippen LogP contribution in [0.4, 0.5) is 13.2 Å². The van der Waals surface area contributed by atoms with Crippen LogP contribution in [-0.2, 0) is 21.8 Å². The molecule has 8 heteroatoms. The van der Waals surface area contributed by atoms with Crippen LogP contribution in [0, 0.1) is 5.41 Å². The number of aromatic nitrogens is 1. The van der Waals surface area contributed by atoms with E-state index in [-0.39, 0.29) is 33.8 Å². The van der Waals surface area contributed by atoms with Gasteiger partial charge in [-0.2, -0.15) is 13.2 Å². The maximum atomic E-state index is 14.4. The first-order valence-corrected chi connectivity index (χ1v) is 17.8. The largest absolute Gasteiger partial charge is 0.416 e. The molecule has 2 atom stereocenters. The first kappa shape index (κ1) is 31.9. The highest BCUT2D eigenvalue weighted by atomic mass is 28.4. The summed E-state index contributed by atoms with van der Waals surface area (Å²) in [5.41, 5.74) is 3.47. The number of rotatable bonds is 7. The van der Waals surface area contributed by atoms with Gasteiger partial charge < -0.3 is 9.16 Å². The van der Waals surface area contributed by atoms with Crippen molar-refractivity contribution in [1.82, 2.24) is 4.98 Å². The molecule has 0 bridgehead atoms. The van der Waals surface area contributed by atoms with Crippen LogP contribution in [0.25, 0.3) is 0 Å². The molecule has 1 saturated carbocycles. The van der Waals surface area contributed by atoms with Crippen molar-refractivity contribution in [3.63, 3.8) is 0 Å². The number of nitrogens with zero attached hydrogens (tertiary/aromatic N) is 1. The molecule has 2 aromatic rings. The Morgan fingerprint density at radius 1 is 1.05 bits per heavy atom. The summed E-state index contributed by atoms with van der Waals surface area (Å²) < 4.78 is 52.9. The van der Waals surface area contributed by atoms with Gasteiger partial charge in [-0.1, -0.05) is 59.6 Å². The van der Waals surface area contributed by atoms with E-state index in [4.69, 9.17) is 14.1 Å². The average Bonchev–Trinajstić information content (AvgIpc) is 3.39. The summed E-state index contributed by atoms with van der Waals surface area (Å²) in [5.74, 6) is -0.139. The second kappa shape index (κ2) is 11.2. The van der Waals surface area contributed by atoms with E-state index in [2.05, 4.69) is 47.7 Å². The molecule has 0 amide bonds. The zero-order valence-electron chi connectivity index (χ0n) is 26.1. The SMILES string of the molecule is COC(C)c1nc2c(c(C3CCCC3)c1C(=O)c1ccc(C(F)(F)F)cc1)[C@@H](O[Si](C)(C)C(C)(C)C)CC(C)(C)C2. The van der Waals surface area contributed by atoms with Crippen molar-refractivity contribution in [3.8, 4) is 0 Å². The fourth-order valence-electron chi connectivity index (χ4n) is 6.18. The smallest absolute Gasteiger partial charge is 0.410 e. The van der Waals surface area contributed by atoms with E-state index < -0.39 is 26.2 Å². The van der Waals surface area contributed by atoms with Crippen LogP contribution in [0.3, 0.4) is 0 Å². The summed E-state index contributed by atoms with van der Waals surface area (Å²) in [6, 6.07) is 4.55. The quantitative estimate of drug-likeness (QED) is 0.238. The minimum atomic E-state index is -4.47. The number of hydrogen-bond acceptors (Lipinski definition) is 4. The molecule has 0 spiro atoms. The Morgan fingerprint density at radius 2 is 1.63 bits per heavy atom. The minimum Gasteiger partial charge on any atom is -0.410 e. The molecule has 2 aliphatic carbocycles. The lowest BCUT2D eigenvalue weighted by atomic mass is 9.71. The second-order valence-corrected chi connectivity index (χ2v) is 19.1. The summed E-state index contributed by atoms with van der Waals surface area (Å²) in [6.45, 7) is 17.6. The number of carbonyl (C=O) groups is 1. The molecule has 0 aliphatic heterocycles. The number of ether oxygens (including phenoxy) is 1. The van der Waals surface area contributed by atoms with Crippen LogP contribution in [-0.4, -0.2) is 26.2 Å². The van der Waals surface area contributed by atoms with E-state index in [1.165, 1.54) is 12.1 Å². The van der Waals surface area contributed by atoms with Gasteiger partial charge in [-0.3, -0.25) is 9.78 Å². The predicted octanol–water partition coefficient (Wildman–Crippen LogP) is 9.73. The Bertz CT molecular complexity index is 1270. The van der Waals surface area contributed by atoms with E-state index in [0.29, 0.717) is 11.3 Å². The molecule has 0 radical (unpaired) electrons. The lowest BCUT2D eigenvalue weighted by Gasteiger charge is -2.45. The van der Waals surface area contributed by atoms with Gasteiger partial charge in [-0.25, -0.2) is 0 Å².